The Morgan fingerprint density at radius 1 is 1.00 bits per heavy atom. The number of nitrogen functional groups attached to an aromatic ring is 1. The van der Waals surface area contributed by atoms with Gasteiger partial charge in [-0.25, -0.2) is 4.79 Å². The van der Waals surface area contributed by atoms with Crippen LogP contribution in [0.3, 0.4) is 0 Å². The molecule has 0 unspecified atom stereocenters. The van der Waals surface area contributed by atoms with Crippen LogP contribution in [0.15, 0.2) is 42.5 Å². The highest BCUT2D eigenvalue weighted by molar-refractivity contribution is 6.00. The van der Waals surface area contributed by atoms with Gasteiger partial charge >= 0.3 is 6.03 Å². The number of nitrogens with zero attached hydrogens (tertiary/aromatic N) is 2. The third-order valence-electron chi connectivity index (χ3n) is 2.68. The van der Waals surface area contributed by atoms with E-state index in [0.717, 1.165) is 0 Å². The monoisotopic (exact) mass is 277 g/mol. The van der Waals surface area contributed by atoms with Crippen molar-refractivity contribution in [1.82, 2.24) is 0 Å². The molecule has 2 rings (SSSR count). The van der Waals surface area contributed by atoms with Crippen molar-refractivity contribution in [2.24, 2.45) is 0 Å². The van der Waals surface area contributed by atoms with Gasteiger partial charge < -0.3 is 16.4 Å². The molecule has 0 spiro atoms. The Balaban J connectivity index is 2.08. The summed E-state index contributed by atoms with van der Waals surface area (Å²) in [5.41, 5.74) is 7.73. The number of amides is 2. The van der Waals surface area contributed by atoms with Crippen molar-refractivity contribution >= 4 is 23.1 Å². The Morgan fingerprint density at radius 2 is 1.71 bits per heavy atom. The number of hydrogen-bond acceptors (Lipinski definition) is 4. The van der Waals surface area contributed by atoms with Crippen LogP contribution in [0.25, 0.3) is 0 Å². The van der Waals surface area contributed by atoms with Crippen molar-refractivity contribution in [1.29, 1.82) is 10.5 Å². The molecule has 4 N–H and O–H groups in total. The van der Waals surface area contributed by atoms with Gasteiger partial charge in [0.05, 0.1) is 22.9 Å². The van der Waals surface area contributed by atoms with Gasteiger partial charge in [0, 0.05) is 11.4 Å². The van der Waals surface area contributed by atoms with E-state index in [1.54, 1.807) is 36.4 Å². The van der Waals surface area contributed by atoms with Gasteiger partial charge in [-0.05, 0) is 42.5 Å². The van der Waals surface area contributed by atoms with Crippen LogP contribution in [-0.2, 0) is 0 Å². The second-order valence-corrected chi connectivity index (χ2v) is 4.19. The maximum absolute atomic E-state index is 11.9. The van der Waals surface area contributed by atoms with Gasteiger partial charge in [-0.1, -0.05) is 0 Å². The van der Waals surface area contributed by atoms with Gasteiger partial charge in [0.2, 0.25) is 0 Å². The van der Waals surface area contributed by atoms with E-state index in [2.05, 4.69) is 10.6 Å². The van der Waals surface area contributed by atoms with Crippen molar-refractivity contribution in [2.45, 2.75) is 0 Å². The lowest BCUT2D eigenvalue weighted by Crippen LogP contribution is -2.20. The number of benzene rings is 2. The molecule has 0 radical (unpaired) electrons. The number of nitrogens with two attached hydrogens (primary N) is 1. The molecule has 102 valence electrons. The van der Waals surface area contributed by atoms with Gasteiger partial charge in [0.15, 0.2) is 0 Å². The molecule has 21 heavy (non-hydrogen) atoms. The average Bonchev–Trinajstić information content (AvgIpc) is 2.49. The molecule has 0 aliphatic heterocycles. The standard InChI is InChI=1S/C15H11N5O/c16-8-10-1-4-13(5-2-10)19-15(21)20-14-6-3-12(18)7-11(14)9-17/h1-7H,18H2,(H2,19,20,21). The molecule has 0 aliphatic carbocycles. The van der Waals surface area contributed by atoms with E-state index in [1.165, 1.54) is 6.07 Å². The van der Waals surface area contributed by atoms with Crippen molar-refractivity contribution in [3.8, 4) is 12.1 Å². The van der Waals surface area contributed by atoms with Crippen LogP contribution in [0.2, 0.25) is 0 Å². The Hall–Kier alpha value is -3.51. The van der Waals surface area contributed by atoms with E-state index in [4.69, 9.17) is 16.3 Å². The number of nitrogens with one attached hydrogen (secondary N) is 2. The highest BCUT2D eigenvalue weighted by Crippen LogP contribution is 2.18. The quantitative estimate of drug-likeness (QED) is 0.732. The number of urea groups is 1. The molecule has 6 heteroatoms. The van der Waals surface area contributed by atoms with E-state index in [9.17, 15) is 4.79 Å². The van der Waals surface area contributed by atoms with Crippen LogP contribution in [0.1, 0.15) is 11.1 Å². The van der Waals surface area contributed by atoms with Crippen LogP contribution in [0.4, 0.5) is 21.9 Å². The molecular weight excluding hydrogens is 266 g/mol. The molecule has 0 aromatic heterocycles. The first-order valence-corrected chi connectivity index (χ1v) is 6.00. The molecule has 2 aromatic rings. The molecule has 2 aromatic carbocycles. The third-order valence-corrected chi connectivity index (χ3v) is 2.68. The average molecular weight is 277 g/mol. The summed E-state index contributed by atoms with van der Waals surface area (Å²) in [6.45, 7) is 0. The minimum Gasteiger partial charge on any atom is -0.399 e. The van der Waals surface area contributed by atoms with Crippen molar-refractivity contribution < 1.29 is 4.79 Å². The predicted octanol–water partition coefficient (Wildman–Crippen LogP) is 2.66. The van der Waals surface area contributed by atoms with Crippen LogP contribution in [-0.4, -0.2) is 6.03 Å². The van der Waals surface area contributed by atoms with Crippen molar-refractivity contribution in [3.63, 3.8) is 0 Å². The second kappa shape index (κ2) is 6.09. The molecular formula is C15H11N5O. The highest BCUT2D eigenvalue weighted by Gasteiger charge is 2.07. The van der Waals surface area contributed by atoms with Gasteiger partial charge in [-0.2, -0.15) is 10.5 Å². The Kier molecular flexibility index (Phi) is 4.03. The summed E-state index contributed by atoms with van der Waals surface area (Å²) >= 11 is 0. The summed E-state index contributed by atoms with van der Waals surface area (Å²) in [5.74, 6) is 0. The second-order valence-electron chi connectivity index (χ2n) is 4.19. The molecule has 2 amide bonds. The summed E-state index contributed by atoms with van der Waals surface area (Å²) in [4.78, 5) is 11.9. The Labute approximate surface area is 121 Å². The first kappa shape index (κ1) is 13.9. The third kappa shape index (κ3) is 3.49. The molecule has 0 atom stereocenters. The first-order chi connectivity index (χ1) is 10.1. The molecule has 0 aliphatic rings. The van der Waals surface area contributed by atoms with E-state index in [-0.39, 0.29) is 5.56 Å². The zero-order valence-electron chi connectivity index (χ0n) is 10.9. The topological polar surface area (TPSA) is 115 Å². The van der Waals surface area contributed by atoms with Crippen LogP contribution in [0.5, 0.6) is 0 Å². The van der Waals surface area contributed by atoms with Gasteiger partial charge in [-0.15, -0.1) is 0 Å². The summed E-state index contributed by atoms with van der Waals surface area (Å²) in [5, 5.41) is 22.9. The lowest BCUT2D eigenvalue weighted by molar-refractivity contribution is 0.262. The van der Waals surface area contributed by atoms with Gasteiger partial charge in [0.1, 0.15) is 6.07 Å². The van der Waals surface area contributed by atoms with Crippen LogP contribution >= 0.6 is 0 Å². The number of carbonyl (C=O) groups excluding carboxylic acids is 1. The molecule has 6 nitrogen and oxygen atoms in total. The number of carbonyl (C=O) groups is 1. The summed E-state index contributed by atoms with van der Waals surface area (Å²) in [7, 11) is 0. The molecule has 0 heterocycles. The molecule has 0 saturated heterocycles. The van der Waals surface area contributed by atoms with Gasteiger partial charge in [-0.3, -0.25) is 0 Å². The maximum Gasteiger partial charge on any atom is 0.323 e. The van der Waals surface area contributed by atoms with E-state index in [0.29, 0.717) is 22.6 Å². The summed E-state index contributed by atoms with van der Waals surface area (Å²) < 4.78 is 0. The highest BCUT2D eigenvalue weighted by atomic mass is 16.2. The smallest absolute Gasteiger partial charge is 0.323 e. The van der Waals surface area contributed by atoms with Crippen LogP contribution in [0, 0.1) is 22.7 Å². The minimum absolute atomic E-state index is 0.282. The lowest BCUT2D eigenvalue weighted by Gasteiger charge is -2.09. The zero-order valence-corrected chi connectivity index (χ0v) is 10.9. The zero-order chi connectivity index (χ0) is 15.2. The van der Waals surface area contributed by atoms with E-state index < -0.39 is 6.03 Å². The molecule has 0 bridgehead atoms. The fourth-order valence-corrected chi connectivity index (χ4v) is 1.68. The summed E-state index contributed by atoms with van der Waals surface area (Å²) in [6.07, 6.45) is 0. The van der Waals surface area contributed by atoms with Crippen LogP contribution < -0.4 is 16.4 Å². The number of rotatable bonds is 2. The number of nitriles is 2. The molecule has 0 fully saturated rings. The largest absolute Gasteiger partial charge is 0.399 e. The lowest BCUT2D eigenvalue weighted by atomic mass is 10.2. The summed E-state index contributed by atoms with van der Waals surface area (Å²) in [6, 6.07) is 14.5. The first-order valence-electron chi connectivity index (χ1n) is 6.00. The van der Waals surface area contributed by atoms with E-state index in [1.807, 2.05) is 12.1 Å². The Bertz CT molecular complexity index is 753. The molecule has 0 saturated carbocycles. The van der Waals surface area contributed by atoms with Gasteiger partial charge in [0.25, 0.3) is 0 Å². The maximum atomic E-state index is 11.9. The minimum atomic E-state index is -0.485. The number of hydrogen-bond donors (Lipinski definition) is 3. The predicted molar refractivity (Wildman–Crippen MR) is 79.4 cm³/mol. The SMILES string of the molecule is N#Cc1ccc(NC(=O)Nc2ccc(N)cc2C#N)cc1. The number of anilines is 3. The van der Waals surface area contributed by atoms with Crippen molar-refractivity contribution in [2.75, 3.05) is 16.4 Å². The fraction of sp³-hybridized carbons (Fsp3) is 0. The van der Waals surface area contributed by atoms with E-state index >= 15 is 0 Å². The van der Waals surface area contributed by atoms with Crippen molar-refractivity contribution in [3.05, 3.63) is 53.6 Å². The normalized spacial score (nSPS) is 9.24. The fourth-order valence-electron chi connectivity index (χ4n) is 1.68. The Morgan fingerprint density at radius 3 is 2.33 bits per heavy atom.